The van der Waals surface area contributed by atoms with E-state index in [1.807, 2.05) is 0 Å². The minimum absolute atomic E-state index is 0.0801. The van der Waals surface area contributed by atoms with Crippen molar-refractivity contribution in [2.45, 2.75) is 19.3 Å². The molecular formula is C45H33N. The van der Waals surface area contributed by atoms with E-state index in [9.17, 15) is 0 Å². The summed E-state index contributed by atoms with van der Waals surface area (Å²) in [5.74, 6) is 0. The molecule has 0 heterocycles. The van der Waals surface area contributed by atoms with Gasteiger partial charge in [0.2, 0.25) is 0 Å². The molecule has 46 heavy (non-hydrogen) atoms. The van der Waals surface area contributed by atoms with Crippen molar-refractivity contribution in [1.29, 1.82) is 0 Å². The van der Waals surface area contributed by atoms with Gasteiger partial charge in [0.15, 0.2) is 0 Å². The first-order chi connectivity index (χ1) is 22.6. The lowest BCUT2D eigenvalue weighted by molar-refractivity contribution is 0.660. The van der Waals surface area contributed by atoms with E-state index in [2.05, 4.69) is 183 Å². The van der Waals surface area contributed by atoms with Crippen LogP contribution >= 0.6 is 0 Å². The fourth-order valence-corrected chi connectivity index (χ4v) is 7.75. The highest BCUT2D eigenvalue weighted by Gasteiger charge is 2.35. The Bertz CT molecular complexity index is 2400. The number of fused-ring (bicyclic) bond motifs is 9. The summed E-state index contributed by atoms with van der Waals surface area (Å²) in [6.45, 7) is 4.71. The Morgan fingerprint density at radius 3 is 1.52 bits per heavy atom. The first-order valence-corrected chi connectivity index (χ1v) is 16.1. The van der Waals surface area contributed by atoms with Gasteiger partial charge in [0.1, 0.15) is 0 Å². The topological polar surface area (TPSA) is 3.24 Å². The Hall–Kier alpha value is -5.66. The molecule has 0 radical (unpaired) electrons. The van der Waals surface area contributed by atoms with Gasteiger partial charge in [-0.2, -0.15) is 0 Å². The van der Waals surface area contributed by atoms with Crippen LogP contribution < -0.4 is 4.90 Å². The van der Waals surface area contributed by atoms with Crippen LogP contribution in [-0.2, 0) is 5.41 Å². The molecule has 0 unspecified atom stereocenters. The zero-order valence-electron chi connectivity index (χ0n) is 26.0. The van der Waals surface area contributed by atoms with Gasteiger partial charge < -0.3 is 4.90 Å². The van der Waals surface area contributed by atoms with Crippen LogP contribution in [0.3, 0.4) is 0 Å². The summed E-state index contributed by atoms with van der Waals surface area (Å²) in [5.41, 5.74) is 11.2. The summed E-state index contributed by atoms with van der Waals surface area (Å²) < 4.78 is 0. The summed E-state index contributed by atoms with van der Waals surface area (Å²) in [5, 5.41) is 7.71. The van der Waals surface area contributed by atoms with E-state index in [0.29, 0.717) is 0 Å². The number of anilines is 3. The highest BCUT2D eigenvalue weighted by atomic mass is 15.1. The van der Waals surface area contributed by atoms with Gasteiger partial charge in [-0.1, -0.05) is 141 Å². The second-order valence-electron chi connectivity index (χ2n) is 13.0. The van der Waals surface area contributed by atoms with Gasteiger partial charge >= 0.3 is 0 Å². The Morgan fingerprint density at radius 2 is 0.826 bits per heavy atom. The summed E-state index contributed by atoms with van der Waals surface area (Å²) in [6.07, 6.45) is 0. The minimum atomic E-state index is -0.0801. The highest BCUT2D eigenvalue weighted by Crippen LogP contribution is 2.51. The van der Waals surface area contributed by atoms with Crippen LogP contribution in [0.5, 0.6) is 0 Å². The fraction of sp³-hybridized carbons (Fsp3) is 0.0667. The molecule has 0 amide bonds. The molecule has 0 saturated carbocycles. The zero-order chi connectivity index (χ0) is 30.8. The molecule has 218 valence electrons. The molecule has 8 aromatic carbocycles. The maximum atomic E-state index is 2.43. The lowest BCUT2D eigenvalue weighted by Crippen LogP contribution is -2.16. The first kappa shape index (κ1) is 26.7. The van der Waals surface area contributed by atoms with Crippen molar-refractivity contribution < 1.29 is 0 Å². The third-order valence-electron chi connectivity index (χ3n) is 10.0. The predicted molar refractivity (Wildman–Crippen MR) is 197 cm³/mol. The van der Waals surface area contributed by atoms with E-state index < -0.39 is 0 Å². The van der Waals surface area contributed by atoms with Crippen LogP contribution in [0.1, 0.15) is 25.0 Å². The maximum Gasteiger partial charge on any atom is 0.0468 e. The monoisotopic (exact) mass is 587 g/mol. The lowest BCUT2D eigenvalue weighted by Gasteiger charge is -2.28. The van der Waals surface area contributed by atoms with Crippen LogP contribution in [0.2, 0.25) is 0 Å². The van der Waals surface area contributed by atoms with Gasteiger partial charge in [-0.05, 0) is 102 Å². The van der Waals surface area contributed by atoms with E-state index >= 15 is 0 Å². The molecule has 1 nitrogen and oxygen atoms in total. The molecule has 0 bridgehead atoms. The van der Waals surface area contributed by atoms with E-state index in [4.69, 9.17) is 0 Å². The molecule has 8 aromatic rings. The summed E-state index contributed by atoms with van der Waals surface area (Å²) in [4.78, 5) is 2.43. The number of hydrogen-bond donors (Lipinski definition) is 0. The number of hydrogen-bond acceptors (Lipinski definition) is 1. The first-order valence-electron chi connectivity index (χ1n) is 16.1. The standard InChI is InChI=1S/C45H33N/c1-45(2)43-19-11-10-18-40(43)41-27-25-34(29-44(41)45)46(32-22-20-31(21-23-32)30-12-4-3-5-13-30)33-24-26-39-37-16-7-6-14-35(37)36-15-8-9-17-38(36)42(39)28-33/h3-29H,1-2H3. The second kappa shape index (κ2) is 10.2. The average Bonchev–Trinajstić information content (AvgIpc) is 3.35. The molecule has 0 atom stereocenters. The van der Waals surface area contributed by atoms with Crippen LogP contribution in [0.4, 0.5) is 17.1 Å². The Morgan fingerprint density at radius 1 is 0.348 bits per heavy atom. The average molecular weight is 588 g/mol. The van der Waals surface area contributed by atoms with Crippen LogP contribution in [0.15, 0.2) is 164 Å². The van der Waals surface area contributed by atoms with Gasteiger partial charge in [-0.25, -0.2) is 0 Å². The molecular weight excluding hydrogens is 555 g/mol. The minimum Gasteiger partial charge on any atom is -0.310 e. The second-order valence-corrected chi connectivity index (χ2v) is 13.0. The van der Waals surface area contributed by atoms with Gasteiger partial charge in [-0.3, -0.25) is 0 Å². The normalized spacial score (nSPS) is 13.2. The smallest absolute Gasteiger partial charge is 0.0468 e. The van der Waals surface area contributed by atoms with Crippen molar-refractivity contribution in [2.24, 2.45) is 0 Å². The van der Waals surface area contributed by atoms with Gasteiger partial charge in [0, 0.05) is 22.5 Å². The molecule has 0 aliphatic heterocycles. The van der Waals surface area contributed by atoms with Gasteiger partial charge in [0.25, 0.3) is 0 Å². The van der Waals surface area contributed by atoms with Crippen molar-refractivity contribution >= 4 is 49.4 Å². The molecule has 0 aromatic heterocycles. The molecule has 1 aliphatic carbocycles. The van der Waals surface area contributed by atoms with Gasteiger partial charge in [-0.15, -0.1) is 0 Å². The van der Waals surface area contributed by atoms with E-state index in [0.717, 1.165) is 17.1 Å². The maximum absolute atomic E-state index is 2.43. The molecule has 0 N–H and O–H groups in total. The number of benzene rings is 8. The third kappa shape index (κ3) is 4.02. The summed E-state index contributed by atoms with van der Waals surface area (Å²) in [6, 6.07) is 60.2. The molecule has 9 rings (SSSR count). The van der Waals surface area contributed by atoms with E-state index in [1.165, 1.54) is 65.7 Å². The Balaban J connectivity index is 1.27. The molecule has 0 saturated heterocycles. The molecule has 0 spiro atoms. The Labute approximate surface area is 270 Å². The molecule has 1 aliphatic rings. The zero-order valence-corrected chi connectivity index (χ0v) is 26.0. The van der Waals surface area contributed by atoms with Crippen molar-refractivity contribution in [3.63, 3.8) is 0 Å². The predicted octanol–water partition coefficient (Wildman–Crippen LogP) is 12.6. The van der Waals surface area contributed by atoms with Crippen LogP contribution in [-0.4, -0.2) is 0 Å². The van der Waals surface area contributed by atoms with E-state index in [1.54, 1.807) is 0 Å². The van der Waals surface area contributed by atoms with Crippen molar-refractivity contribution in [3.8, 4) is 22.3 Å². The third-order valence-corrected chi connectivity index (χ3v) is 10.0. The number of rotatable bonds is 4. The van der Waals surface area contributed by atoms with Crippen molar-refractivity contribution in [1.82, 2.24) is 0 Å². The van der Waals surface area contributed by atoms with Crippen molar-refractivity contribution in [3.05, 3.63) is 175 Å². The SMILES string of the molecule is CC1(C)c2ccccc2-c2ccc(N(c3ccc(-c4ccccc4)cc3)c3ccc4c5ccccc5c5ccccc5c4c3)cc21. The fourth-order valence-electron chi connectivity index (χ4n) is 7.75. The van der Waals surface area contributed by atoms with Gasteiger partial charge in [0.05, 0.1) is 0 Å². The number of nitrogens with zero attached hydrogens (tertiary/aromatic N) is 1. The molecule has 1 heteroatoms. The lowest BCUT2D eigenvalue weighted by atomic mass is 9.82. The van der Waals surface area contributed by atoms with Crippen LogP contribution in [0.25, 0.3) is 54.6 Å². The largest absolute Gasteiger partial charge is 0.310 e. The quantitative estimate of drug-likeness (QED) is 0.185. The van der Waals surface area contributed by atoms with E-state index in [-0.39, 0.29) is 5.41 Å². The highest BCUT2D eigenvalue weighted by molar-refractivity contribution is 6.25. The summed E-state index contributed by atoms with van der Waals surface area (Å²) >= 11 is 0. The summed E-state index contributed by atoms with van der Waals surface area (Å²) in [7, 11) is 0. The Kier molecular flexibility index (Phi) is 5.92. The molecule has 0 fully saturated rings. The van der Waals surface area contributed by atoms with Crippen molar-refractivity contribution in [2.75, 3.05) is 4.90 Å². The van der Waals surface area contributed by atoms with Crippen LogP contribution in [0, 0.1) is 0 Å².